The van der Waals surface area contributed by atoms with Crippen LogP contribution in [0.5, 0.6) is 0 Å². The van der Waals surface area contributed by atoms with E-state index in [-0.39, 0.29) is 0 Å². The number of carbonyl (C=O) groups is 1. The first-order valence-corrected chi connectivity index (χ1v) is 5.01. The van der Waals surface area contributed by atoms with Gasteiger partial charge in [-0.25, -0.2) is 0 Å². The van der Waals surface area contributed by atoms with Crippen molar-refractivity contribution in [1.82, 2.24) is 4.98 Å². The van der Waals surface area contributed by atoms with Crippen LogP contribution in [-0.2, 0) is 10.2 Å². The second-order valence-corrected chi connectivity index (χ2v) is 4.66. The molecule has 0 aliphatic rings. The van der Waals surface area contributed by atoms with Gasteiger partial charge in [-0.3, -0.25) is 9.78 Å². The zero-order valence-electron chi connectivity index (χ0n) is 8.34. The summed E-state index contributed by atoms with van der Waals surface area (Å²) in [5.41, 5.74) is 0.546. The van der Waals surface area contributed by atoms with Crippen molar-refractivity contribution in [2.24, 2.45) is 0 Å². The van der Waals surface area contributed by atoms with Gasteiger partial charge in [-0.05, 0) is 48.3 Å². The van der Waals surface area contributed by atoms with Crippen molar-refractivity contribution in [3.8, 4) is 0 Å². The summed E-state index contributed by atoms with van der Waals surface area (Å²) >= 11 is 3.29. The maximum Gasteiger partial charge on any atom is 0.315 e. The van der Waals surface area contributed by atoms with Crippen LogP contribution in [-0.4, -0.2) is 16.1 Å². The summed E-state index contributed by atoms with van der Waals surface area (Å²) in [7, 11) is 0. The summed E-state index contributed by atoms with van der Waals surface area (Å²) in [6.07, 6.45) is 1.62. The number of pyridine rings is 1. The summed E-state index contributed by atoms with van der Waals surface area (Å²) < 4.78 is 0.861. The summed E-state index contributed by atoms with van der Waals surface area (Å²) in [5, 5.41) is 9.04. The molecule has 0 fully saturated rings. The first kappa shape index (κ1) is 11.2. The Morgan fingerprint density at radius 2 is 2.14 bits per heavy atom. The second kappa shape index (κ2) is 3.69. The molecule has 4 heteroatoms. The summed E-state index contributed by atoms with van der Waals surface area (Å²) in [6.45, 7) is 5.16. The van der Waals surface area contributed by atoms with E-state index in [1.807, 2.05) is 13.0 Å². The van der Waals surface area contributed by atoms with Crippen LogP contribution in [0.25, 0.3) is 0 Å². The van der Waals surface area contributed by atoms with Crippen molar-refractivity contribution in [2.45, 2.75) is 26.2 Å². The molecular formula is C10H12BrNO2. The number of carboxylic acid groups (broad SMARTS) is 1. The van der Waals surface area contributed by atoms with Gasteiger partial charge in [0.2, 0.25) is 0 Å². The van der Waals surface area contributed by atoms with Gasteiger partial charge in [0.05, 0.1) is 5.69 Å². The van der Waals surface area contributed by atoms with E-state index >= 15 is 0 Å². The third-order valence-electron chi connectivity index (χ3n) is 2.17. The third kappa shape index (κ3) is 1.95. The van der Waals surface area contributed by atoms with E-state index in [0.717, 1.165) is 10.0 Å². The van der Waals surface area contributed by atoms with Gasteiger partial charge >= 0.3 is 5.97 Å². The number of carboxylic acids is 1. The summed E-state index contributed by atoms with van der Waals surface area (Å²) in [5.74, 6) is -0.865. The third-order valence-corrected chi connectivity index (χ3v) is 2.61. The average Bonchev–Trinajstić information content (AvgIpc) is 2.02. The standard InChI is InChI=1S/C10H12BrNO2/c1-6-4-7(11)5-12-8(6)10(2,3)9(13)14/h4-5H,1-3H3,(H,13,14). The molecule has 1 heterocycles. The molecular weight excluding hydrogens is 246 g/mol. The predicted octanol–water partition coefficient (Wildman–Crippen LogP) is 2.51. The minimum atomic E-state index is -0.940. The Kier molecular flexibility index (Phi) is 2.95. The van der Waals surface area contributed by atoms with Crippen molar-refractivity contribution in [2.75, 3.05) is 0 Å². The molecule has 3 nitrogen and oxygen atoms in total. The number of aromatic nitrogens is 1. The molecule has 0 aliphatic heterocycles. The number of aliphatic carboxylic acids is 1. The minimum absolute atomic E-state index is 0.605. The number of nitrogens with zero attached hydrogens (tertiary/aromatic N) is 1. The molecule has 1 aromatic heterocycles. The van der Waals surface area contributed by atoms with E-state index in [1.54, 1.807) is 20.0 Å². The molecule has 76 valence electrons. The van der Waals surface area contributed by atoms with Gasteiger partial charge < -0.3 is 5.11 Å². The Balaban J connectivity index is 3.26. The molecule has 0 amide bonds. The minimum Gasteiger partial charge on any atom is -0.481 e. The van der Waals surface area contributed by atoms with E-state index < -0.39 is 11.4 Å². The first-order chi connectivity index (χ1) is 6.35. The van der Waals surface area contributed by atoms with E-state index in [4.69, 9.17) is 5.11 Å². The molecule has 0 unspecified atom stereocenters. The lowest BCUT2D eigenvalue weighted by molar-refractivity contribution is -0.142. The number of rotatable bonds is 2. The number of hydrogen-bond donors (Lipinski definition) is 1. The molecule has 0 saturated heterocycles. The molecule has 14 heavy (non-hydrogen) atoms. The van der Waals surface area contributed by atoms with Gasteiger partial charge in [-0.1, -0.05) is 0 Å². The first-order valence-electron chi connectivity index (χ1n) is 4.21. The second-order valence-electron chi connectivity index (χ2n) is 3.75. The largest absolute Gasteiger partial charge is 0.481 e. The highest BCUT2D eigenvalue weighted by Crippen LogP contribution is 2.26. The highest BCUT2D eigenvalue weighted by molar-refractivity contribution is 9.10. The van der Waals surface area contributed by atoms with Crippen LogP contribution in [0, 0.1) is 6.92 Å². The van der Waals surface area contributed by atoms with Gasteiger partial charge in [0.15, 0.2) is 0 Å². The Morgan fingerprint density at radius 1 is 1.57 bits per heavy atom. The van der Waals surface area contributed by atoms with Crippen molar-refractivity contribution in [3.63, 3.8) is 0 Å². The lowest BCUT2D eigenvalue weighted by atomic mass is 9.86. The van der Waals surface area contributed by atoms with E-state index in [2.05, 4.69) is 20.9 Å². The Bertz CT molecular complexity index is 374. The lowest BCUT2D eigenvalue weighted by Gasteiger charge is -2.20. The van der Waals surface area contributed by atoms with Crippen LogP contribution in [0.2, 0.25) is 0 Å². The summed E-state index contributed by atoms with van der Waals surface area (Å²) in [6, 6.07) is 1.87. The molecule has 0 radical (unpaired) electrons. The fraction of sp³-hybridized carbons (Fsp3) is 0.400. The van der Waals surface area contributed by atoms with Gasteiger partial charge in [0.1, 0.15) is 5.41 Å². The molecule has 0 aliphatic carbocycles. The maximum absolute atomic E-state index is 11.0. The SMILES string of the molecule is Cc1cc(Br)cnc1C(C)(C)C(=O)O. The molecule has 1 aromatic rings. The Labute approximate surface area is 91.3 Å². The highest BCUT2D eigenvalue weighted by Gasteiger charge is 2.32. The van der Waals surface area contributed by atoms with Crippen molar-refractivity contribution >= 4 is 21.9 Å². The van der Waals surface area contributed by atoms with Gasteiger partial charge in [-0.15, -0.1) is 0 Å². The number of hydrogen-bond acceptors (Lipinski definition) is 2. The quantitative estimate of drug-likeness (QED) is 0.886. The van der Waals surface area contributed by atoms with Crippen LogP contribution in [0.1, 0.15) is 25.1 Å². The molecule has 1 rings (SSSR count). The van der Waals surface area contributed by atoms with Gasteiger partial charge in [0.25, 0.3) is 0 Å². The fourth-order valence-electron chi connectivity index (χ4n) is 1.30. The number of halogens is 1. The zero-order valence-corrected chi connectivity index (χ0v) is 9.92. The van der Waals surface area contributed by atoms with Crippen LogP contribution in [0.3, 0.4) is 0 Å². The van der Waals surface area contributed by atoms with E-state index in [9.17, 15) is 4.79 Å². The Morgan fingerprint density at radius 3 is 2.57 bits per heavy atom. The summed E-state index contributed by atoms with van der Waals surface area (Å²) in [4.78, 5) is 15.1. The van der Waals surface area contributed by atoms with Crippen LogP contribution < -0.4 is 0 Å². The molecule has 0 spiro atoms. The smallest absolute Gasteiger partial charge is 0.315 e. The zero-order chi connectivity index (χ0) is 10.9. The van der Waals surface area contributed by atoms with Gasteiger partial charge in [0, 0.05) is 10.7 Å². The topological polar surface area (TPSA) is 50.2 Å². The molecule has 1 N–H and O–H groups in total. The molecule has 0 bridgehead atoms. The maximum atomic E-state index is 11.0. The van der Waals surface area contributed by atoms with E-state index in [0.29, 0.717) is 5.69 Å². The monoisotopic (exact) mass is 257 g/mol. The number of aryl methyl sites for hydroxylation is 1. The fourth-order valence-corrected chi connectivity index (χ4v) is 1.74. The molecule has 0 saturated carbocycles. The van der Waals surface area contributed by atoms with Crippen LogP contribution >= 0.6 is 15.9 Å². The predicted molar refractivity (Wildman–Crippen MR) is 57.3 cm³/mol. The highest BCUT2D eigenvalue weighted by atomic mass is 79.9. The molecule has 0 atom stereocenters. The van der Waals surface area contributed by atoms with Crippen LogP contribution in [0.4, 0.5) is 0 Å². The van der Waals surface area contributed by atoms with Crippen molar-refractivity contribution in [1.29, 1.82) is 0 Å². The lowest BCUT2D eigenvalue weighted by Crippen LogP contribution is -2.30. The van der Waals surface area contributed by atoms with Gasteiger partial charge in [-0.2, -0.15) is 0 Å². The van der Waals surface area contributed by atoms with Crippen molar-refractivity contribution in [3.05, 3.63) is 28.0 Å². The van der Waals surface area contributed by atoms with E-state index in [1.165, 1.54) is 0 Å². The van der Waals surface area contributed by atoms with Crippen LogP contribution in [0.15, 0.2) is 16.7 Å². The Hall–Kier alpha value is -0.900. The molecule has 0 aromatic carbocycles. The average molecular weight is 258 g/mol. The normalized spacial score (nSPS) is 11.4. The van der Waals surface area contributed by atoms with Crippen molar-refractivity contribution < 1.29 is 9.90 Å².